The molecule has 2 aliphatic heterocycles. The molecule has 3 aromatic rings. The van der Waals surface area contributed by atoms with Gasteiger partial charge in [-0.1, -0.05) is 12.1 Å². The molecule has 2 atom stereocenters. The van der Waals surface area contributed by atoms with Crippen molar-refractivity contribution in [1.29, 1.82) is 0 Å². The van der Waals surface area contributed by atoms with Crippen molar-refractivity contribution in [1.82, 2.24) is 9.88 Å². The summed E-state index contributed by atoms with van der Waals surface area (Å²) in [7, 11) is 0. The van der Waals surface area contributed by atoms with Crippen LogP contribution in [0.3, 0.4) is 0 Å². The first-order chi connectivity index (χ1) is 19.3. The lowest BCUT2D eigenvalue weighted by atomic mass is 9.79. The summed E-state index contributed by atoms with van der Waals surface area (Å²) in [5, 5.41) is 7.84. The zero-order chi connectivity index (χ0) is 27.9. The number of fused-ring (bicyclic) bond motifs is 3. The number of carbonyl (C=O) groups is 3. The molecule has 1 saturated heterocycles. The second-order valence-corrected chi connectivity index (χ2v) is 10.9. The summed E-state index contributed by atoms with van der Waals surface area (Å²) in [6.45, 7) is 1.23. The number of benzene rings is 2. The van der Waals surface area contributed by atoms with Gasteiger partial charge in [-0.05, 0) is 72.7 Å². The molecule has 3 heterocycles. The van der Waals surface area contributed by atoms with Crippen molar-refractivity contribution >= 4 is 29.2 Å². The van der Waals surface area contributed by atoms with E-state index in [1.165, 1.54) is 17.0 Å². The highest BCUT2D eigenvalue weighted by atomic mass is 19.1. The van der Waals surface area contributed by atoms with E-state index in [2.05, 4.69) is 20.9 Å². The number of amides is 3. The number of pyridine rings is 1. The van der Waals surface area contributed by atoms with Crippen molar-refractivity contribution in [3.05, 3.63) is 88.6 Å². The Morgan fingerprint density at radius 3 is 2.67 bits per heavy atom. The Bertz CT molecular complexity index is 1490. The molecule has 10 heteroatoms. The molecular formula is C30H30F2N5O3+. The molecular weight excluding hydrogens is 516 g/mol. The zero-order valence-corrected chi connectivity index (χ0v) is 21.9. The van der Waals surface area contributed by atoms with E-state index >= 15 is 0 Å². The molecule has 3 amide bonds. The minimum absolute atomic E-state index is 0.0767. The number of nitrogens with one attached hydrogen (secondary N) is 2. The second kappa shape index (κ2) is 10.4. The lowest BCUT2D eigenvalue weighted by molar-refractivity contribution is -0.666. The molecule has 1 fully saturated rings. The first kappa shape index (κ1) is 26.1. The molecule has 1 aliphatic carbocycles. The van der Waals surface area contributed by atoms with Crippen LogP contribution in [0, 0.1) is 17.6 Å². The number of nitrogens with two attached hydrogens (primary N) is 1. The highest BCUT2D eigenvalue weighted by Gasteiger charge is 2.51. The Hall–Kier alpha value is -4.18. The molecule has 6 rings (SSSR count). The number of nitrogens with zero attached hydrogens (tertiary/aromatic N) is 2. The number of aromatic nitrogens is 1. The minimum atomic E-state index is -0.733. The number of rotatable bonds is 6. The number of hydrogen-bond acceptors (Lipinski definition) is 4. The van der Waals surface area contributed by atoms with Crippen LogP contribution in [0.25, 0.3) is 0 Å². The van der Waals surface area contributed by atoms with Gasteiger partial charge in [0.15, 0.2) is 0 Å². The van der Waals surface area contributed by atoms with Crippen molar-refractivity contribution in [3.8, 4) is 0 Å². The van der Waals surface area contributed by atoms with Gasteiger partial charge in [-0.15, -0.1) is 0 Å². The third kappa shape index (κ3) is 4.95. The molecule has 2 aromatic carbocycles. The van der Waals surface area contributed by atoms with E-state index < -0.39 is 23.0 Å². The lowest BCUT2D eigenvalue weighted by Crippen LogP contribution is -2.87. The van der Waals surface area contributed by atoms with Crippen molar-refractivity contribution in [2.75, 3.05) is 30.3 Å². The van der Waals surface area contributed by atoms with E-state index in [1.807, 2.05) is 24.3 Å². The summed E-state index contributed by atoms with van der Waals surface area (Å²) < 4.78 is 27.7. The van der Waals surface area contributed by atoms with Crippen molar-refractivity contribution in [2.45, 2.75) is 37.6 Å². The number of halogens is 2. The largest absolute Gasteiger partial charge is 0.346 e. The van der Waals surface area contributed by atoms with Crippen LogP contribution in [0.2, 0.25) is 0 Å². The van der Waals surface area contributed by atoms with Crippen molar-refractivity contribution < 1.29 is 28.5 Å². The highest BCUT2D eigenvalue weighted by Crippen LogP contribution is 2.46. The van der Waals surface area contributed by atoms with Gasteiger partial charge in [-0.2, -0.15) is 0 Å². The third-order valence-corrected chi connectivity index (χ3v) is 8.17. The smallest absolute Gasteiger partial charge is 0.244 e. The maximum atomic E-state index is 13.9. The average Bonchev–Trinajstić information content (AvgIpc) is 3.44. The second-order valence-electron chi connectivity index (χ2n) is 10.9. The fourth-order valence-electron chi connectivity index (χ4n) is 6.28. The van der Waals surface area contributed by atoms with Crippen LogP contribution in [0.5, 0.6) is 0 Å². The van der Waals surface area contributed by atoms with Crippen molar-refractivity contribution in [3.63, 3.8) is 0 Å². The van der Waals surface area contributed by atoms with Crippen LogP contribution in [0.4, 0.5) is 20.3 Å². The number of anilines is 2. The maximum Gasteiger partial charge on any atom is 0.244 e. The standard InChI is InChI=1S/C30H29F2N5O3/c31-22-9-18(10-23(32)12-22)16-37(28(39)20-3-1-7-33-15-20)17-26(38)35-24-6-5-19-13-30(14-21(19)11-24)25-4-2-8-34-27(25)36-29(30)40/h2,4-6,8-12,20,33H,1,3,7,13-17H2,(H,35,38)(H,34,36,40)/p+1. The first-order valence-corrected chi connectivity index (χ1v) is 13.5. The van der Waals surface area contributed by atoms with Crippen LogP contribution in [-0.4, -0.2) is 47.2 Å². The van der Waals surface area contributed by atoms with Gasteiger partial charge in [-0.25, -0.2) is 13.8 Å². The molecule has 2 unspecified atom stereocenters. The molecule has 4 N–H and O–H groups in total. The minimum Gasteiger partial charge on any atom is -0.346 e. The fourth-order valence-corrected chi connectivity index (χ4v) is 6.28. The third-order valence-electron chi connectivity index (χ3n) is 8.17. The zero-order valence-electron chi connectivity index (χ0n) is 21.9. The van der Waals surface area contributed by atoms with Gasteiger partial charge in [0.25, 0.3) is 0 Å². The summed E-state index contributed by atoms with van der Waals surface area (Å²) in [4.78, 5) is 45.2. The molecule has 40 heavy (non-hydrogen) atoms. The van der Waals surface area contributed by atoms with Gasteiger partial charge in [0.2, 0.25) is 17.7 Å². The summed E-state index contributed by atoms with van der Waals surface area (Å²) >= 11 is 0. The Morgan fingerprint density at radius 2 is 1.90 bits per heavy atom. The summed E-state index contributed by atoms with van der Waals surface area (Å²) in [5.74, 6) is -1.83. The van der Waals surface area contributed by atoms with E-state index in [9.17, 15) is 23.2 Å². The number of hydrogen-bond donors (Lipinski definition) is 3. The molecule has 3 aliphatic rings. The maximum absolute atomic E-state index is 13.9. The molecule has 0 bridgehead atoms. The molecule has 1 spiro atoms. The quantitative estimate of drug-likeness (QED) is 0.441. The molecule has 1 aromatic heterocycles. The first-order valence-electron chi connectivity index (χ1n) is 13.5. The predicted octanol–water partition coefficient (Wildman–Crippen LogP) is 2.29. The summed E-state index contributed by atoms with van der Waals surface area (Å²) in [6.07, 6.45) is 4.29. The van der Waals surface area contributed by atoms with Gasteiger partial charge >= 0.3 is 0 Å². The molecule has 8 nitrogen and oxygen atoms in total. The van der Waals surface area contributed by atoms with E-state index in [4.69, 9.17) is 0 Å². The van der Waals surface area contributed by atoms with Crippen LogP contribution < -0.4 is 16.0 Å². The van der Waals surface area contributed by atoms with E-state index in [0.717, 1.165) is 35.7 Å². The number of quaternary nitrogens is 1. The Labute approximate surface area is 230 Å². The number of carbonyl (C=O) groups excluding carboxylic acids is 3. The van der Waals surface area contributed by atoms with Gasteiger partial charge in [0, 0.05) is 30.1 Å². The van der Waals surface area contributed by atoms with Crippen LogP contribution >= 0.6 is 0 Å². The Morgan fingerprint density at radius 1 is 1.10 bits per heavy atom. The van der Waals surface area contributed by atoms with E-state index in [0.29, 0.717) is 37.3 Å². The molecule has 206 valence electrons. The Balaban J connectivity index is 1.18. The monoisotopic (exact) mass is 546 g/mol. The lowest BCUT2D eigenvalue weighted by Gasteiger charge is -2.28. The SMILES string of the molecule is O=C(CN(Cc1cc(F)cc(F)c1)C(=O)C1CCC[NH2+]C1)Nc1ccc2c(c1)CC1(C2)C(=O)Nc2ncccc21. The van der Waals surface area contributed by atoms with Crippen LogP contribution in [0.15, 0.2) is 54.7 Å². The Kier molecular flexibility index (Phi) is 6.79. The predicted molar refractivity (Wildman–Crippen MR) is 143 cm³/mol. The summed E-state index contributed by atoms with van der Waals surface area (Å²) in [6, 6.07) is 12.5. The molecule has 0 saturated carbocycles. The fraction of sp³-hybridized carbons (Fsp3) is 0.333. The topological polar surface area (TPSA) is 108 Å². The van der Waals surface area contributed by atoms with Gasteiger partial charge in [0.05, 0.1) is 24.4 Å². The van der Waals surface area contributed by atoms with E-state index in [1.54, 1.807) is 12.3 Å². The van der Waals surface area contributed by atoms with Crippen LogP contribution in [0.1, 0.15) is 35.1 Å². The van der Waals surface area contributed by atoms with Gasteiger partial charge in [0.1, 0.15) is 24.0 Å². The highest BCUT2D eigenvalue weighted by molar-refractivity contribution is 6.06. The van der Waals surface area contributed by atoms with Gasteiger partial charge in [-0.3, -0.25) is 14.4 Å². The molecule has 0 radical (unpaired) electrons. The normalized spacial score (nSPS) is 21.1. The van der Waals surface area contributed by atoms with E-state index in [-0.39, 0.29) is 36.4 Å². The number of piperidine rings is 1. The van der Waals surface area contributed by atoms with Gasteiger partial charge < -0.3 is 20.9 Å². The summed E-state index contributed by atoms with van der Waals surface area (Å²) in [5.41, 5.74) is 3.00. The van der Waals surface area contributed by atoms with Crippen molar-refractivity contribution in [2.24, 2.45) is 5.92 Å². The average molecular weight is 547 g/mol. The van der Waals surface area contributed by atoms with Crippen LogP contribution in [-0.2, 0) is 39.2 Å².